The van der Waals surface area contributed by atoms with Crippen molar-refractivity contribution in [1.82, 2.24) is 0 Å². The molecule has 0 unspecified atom stereocenters. The van der Waals surface area contributed by atoms with Crippen LogP contribution >= 0.6 is 11.9 Å². The second kappa shape index (κ2) is 10.0. The highest BCUT2D eigenvalue weighted by molar-refractivity contribution is 8.00. The number of ether oxygens (including phenoxy) is 2. The molecule has 2 aromatic rings. The molecule has 0 heterocycles. The zero-order valence-corrected chi connectivity index (χ0v) is 14.4. The minimum Gasteiger partial charge on any atom is -0.484 e. The molecule has 146 valence electrons. The van der Waals surface area contributed by atoms with Gasteiger partial charge in [-0.25, -0.2) is 17.6 Å². The maximum Gasteiger partial charge on any atom is 0.272 e. The summed E-state index contributed by atoms with van der Waals surface area (Å²) in [6, 6.07) is 8.72. The Morgan fingerprint density at radius 2 is 1.59 bits per heavy atom. The summed E-state index contributed by atoms with van der Waals surface area (Å²) in [4.78, 5) is 11.4. The van der Waals surface area contributed by atoms with Crippen molar-refractivity contribution in [2.75, 3.05) is 17.9 Å². The average molecular weight is 407 g/mol. The van der Waals surface area contributed by atoms with Gasteiger partial charge in [0.25, 0.3) is 12.9 Å². The number of halogens is 5. The standard InChI is InChI=1S/C17H14F5NO3S/c18-15(19)8-25-13-5-11(6-14(17(13)22)26-9-16(20)21)23-27-12-3-1-2-10(4-12)7-24/h1-7,15-16,23H,8-9H2. The zero-order valence-electron chi connectivity index (χ0n) is 13.6. The molecule has 0 aliphatic rings. The Balaban J connectivity index is 2.20. The van der Waals surface area contributed by atoms with E-state index in [0.29, 0.717) is 16.7 Å². The first-order chi connectivity index (χ1) is 12.9. The van der Waals surface area contributed by atoms with E-state index in [2.05, 4.69) is 14.2 Å². The maximum absolute atomic E-state index is 14.2. The van der Waals surface area contributed by atoms with E-state index in [-0.39, 0.29) is 5.69 Å². The summed E-state index contributed by atoms with van der Waals surface area (Å²) in [7, 11) is 0. The van der Waals surface area contributed by atoms with Gasteiger partial charge in [-0.15, -0.1) is 0 Å². The number of aldehydes is 1. The van der Waals surface area contributed by atoms with Gasteiger partial charge < -0.3 is 14.2 Å². The number of rotatable bonds is 10. The highest BCUT2D eigenvalue weighted by Crippen LogP contribution is 2.34. The van der Waals surface area contributed by atoms with Gasteiger partial charge in [-0.1, -0.05) is 12.1 Å². The van der Waals surface area contributed by atoms with Crippen LogP contribution in [0.25, 0.3) is 0 Å². The molecule has 0 saturated carbocycles. The predicted molar refractivity (Wildman–Crippen MR) is 90.7 cm³/mol. The Bertz CT molecular complexity index is 743. The molecule has 0 bridgehead atoms. The largest absolute Gasteiger partial charge is 0.484 e. The van der Waals surface area contributed by atoms with Crippen LogP contribution in [-0.4, -0.2) is 32.4 Å². The van der Waals surface area contributed by atoms with E-state index in [9.17, 15) is 26.7 Å². The lowest BCUT2D eigenvalue weighted by Gasteiger charge is -2.14. The lowest BCUT2D eigenvalue weighted by Crippen LogP contribution is -2.11. The number of carbonyl (C=O) groups is 1. The molecule has 0 fully saturated rings. The van der Waals surface area contributed by atoms with Crippen LogP contribution in [0.2, 0.25) is 0 Å². The summed E-state index contributed by atoms with van der Waals surface area (Å²) in [6.45, 7) is -2.13. The minimum atomic E-state index is -2.84. The van der Waals surface area contributed by atoms with Crippen LogP contribution in [-0.2, 0) is 0 Å². The Labute approximate surface area is 155 Å². The summed E-state index contributed by atoms with van der Waals surface area (Å²) < 4.78 is 75.7. The fourth-order valence-electron chi connectivity index (χ4n) is 1.92. The van der Waals surface area contributed by atoms with Crippen LogP contribution in [0.15, 0.2) is 41.3 Å². The molecule has 0 aromatic heterocycles. The normalized spacial score (nSPS) is 10.9. The van der Waals surface area contributed by atoms with Gasteiger partial charge in [0, 0.05) is 22.6 Å². The van der Waals surface area contributed by atoms with Gasteiger partial charge in [0.1, 0.15) is 19.5 Å². The molecule has 2 rings (SSSR count). The minimum absolute atomic E-state index is 0.173. The number of nitrogens with one attached hydrogen (secondary N) is 1. The Morgan fingerprint density at radius 1 is 1.00 bits per heavy atom. The third-order valence-electron chi connectivity index (χ3n) is 3.02. The van der Waals surface area contributed by atoms with E-state index in [1.807, 2.05) is 0 Å². The summed E-state index contributed by atoms with van der Waals surface area (Å²) in [5, 5.41) is 0. The third-order valence-corrected chi connectivity index (χ3v) is 3.84. The molecule has 27 heavy (non-hydrogen) atoms. The molecule has 1 N–H and O–H groups in total. The number of anilines is 1. The van der Waals surface area contributed by atoms with Crippen molar-refractivity contribution in [3.05, 3.63) is 47.8 Å². The first-order valence-corrected chi connectivity index (χ1v) is 8.34. The van der Waals surface area contributed by atoms with E-state index < -0.39 is 43.4 Å². The lowest BCUT2D eigenvalue weighted by molar-refractivity contribution is 0.0745. The fourth-order valence-corrected chi connectivity index (χ4v) is 2.61. The second-order valence-corrected chi connectivity index (χ2v) is 5.96. The molecule has 0 amide bonds. The number of hydrogen-bond acceptors (Lipinski definition) is 5. The predicted octanol–water partition coefficient (Wildman–Crippen LogP) is 5.05. The van der Waals surface area contributed by atoms with Crippen molar-refractivity contribution >= 4 is 23.9 Å². The molecule has 2 aromatic carbocycles. The SMILES string of the molecule is O=Cc1cccc(SNc2cc(OCC(F)F)c(F)c(OCC(F)F)c2)c1. The summed E-state index contributed by atoms with van der Waals surface area (Å²) in [5.41, 5.74) is 0.606. The molecular weight excluding hydrogens is 393 g/mol. The molecule has 0 spiro atoms. The highest BCUT2D eigenvalue weighted by Gasteiger charge is 2.17. The van der Waals surface area contributed by atoms with Gasteiger partial charge in [0.05, 0.1) is 5.69 Å². The summed E-state index contributed by atoms with van der Waals surface area (Å²) in [6.07, 6.45) is -5.02. The van der Waals surface area contributed by atoms with Gasteiger partial charge >= 0.3 is 0 Å². The second-order valence-electron chi connectivity index (χ2n) is 5.09. The maximum atomic E-state index is 14.2. The van der Waals surface area contributed by atoms with Crippen molar-refractivity contribution in [3.8, 4) is 11.5 Å². The molecule has 0 aliphatic heterocycles. The van der Waals surface area contributed by atoms with Gasteiger partial charge in [-0.05, 0) is 24.1 Å². The van der Waals surface area contributed by atoms with Crippen molar-refractivity contribution in [1.29, 1.82) is 0 Å². The van der Waals surface area contributed by atoms with Crippen LogP contribution < -0.4 is 14.2 Å². The van der Waals surface area contributed by atoms with E-state index in [0.717, 1.165) is 24.1 Å². The number of carbonyl (C=O) groups excluding carboxylic acids is 1. The van der Waals surface area contributed by atoms with Crippen molar-refractivity contribution in [3.63, 3.8) is 0 Å². The van der Waals surface area contributed by atoms with Crippen molar-refractivity contribution in [2.24, 2.45) is 0 Å². The monoisotopic (exact) mass is 407 g/mol. The first kappa shape index (κ1) is 20.8. The van der Waals surface area contributed by atoms with Crippen LogP contribution in [0.3, 0.4) is 0 Å². The van der Waals surface area contributed by atoms with Gasteiger partial charge in [0.2, 0.25) is 5.82 Å². The zero-order chi connectivity index (χ0) is 19.8. The number of benzene rings is 2. The molecular formula is C17H14F5NO3S. The molecule has 0 aliphatic carbocycles. The number of alkyl halides is 4. The molecule has 0 saturated heterocycles. The van der Waals surface area contributed by atoms with E-state index >= 15 is 0 Å². The Kier molecular flexibility index (Phi) is 7.71. The van der Waals surface area contributed by atoms with Crippen LogP contribution in [0, 0.1) is 5.82 Å². The molecule has 0 radical (unpaired) electrons. The Hall–Kier alpha value is -2.49. The molecule has 10 heteroatoms. The summed E-state index contributed by atoms with van der Waals surface area (Å²) >= 11 is 1.04. The third kappa shape index (κ3) is 6.63. The number of hydrogen-bond donors (Lipinski definition) is 1. The van der Waals surface area contributed by atoms with Crippen molar-refractivity contribution in [2.45, 2.75) is 17.7 Å². The van der Waals surface area contributed by atoms with E-state index in [1.165, 1.54) is 0 Å². The topological polar surface area (TPSA) is 47.6 Å². The quantitative estimate of drug-likeness (QED) is 0.340. The first-order valence-electron chi connectivity index (χ1n) is 7.52. The van der Waals surface area contributed by atoms with Crippen molar-refractivity contribution < 1.29 is 36.2 Å². The van der Waals surface area contributed by atoms with Gasteiger partial charge in [-0.3, -0.25) is 4.79 Å². The van der Waals surface area contributed by atoms with E-state index in [1.54, 1.807) is 24.3 Å². The van der Waals surface area contributed by atoms with Gasteiger partial charge in [-0.2, -0.15) is 4.39 Å². The molecule has 4 nitrogen and oxygen atoms in total. The van der Waals surface area contributed by atoms with E-state index in [4.69, 9.17) is 0 Å². The van der Waals surface area contributed by atoms with Gasteiger partial charge in [0.15, 0.2) is 11.5 Å². The molecule has 0 atom stereocenters. The smallest absolute Gasteiger partial charge is 0.272 e. The summed E-state index contributed by atoms with van der Waals surface area (Å²) in [5.74, 6) is -2.28. The average Bonchev–Trinajstić information content (AvgIpc) is 2.65. The lowest BCUT2D eigenvalue weighted by atomic mass is 10.2. The fraction of sp³-hybridized carbons (Fsp3) is 0.235. The Morgan fingerprint density at radius 3 is 2.11 bits per heavy atom. The van der Waals surface area contributed by atoms with Crippen LogP contribution in [0.1, 0.15) is 10.4 Å². The van der Waals surface area contributed by atoms with Crippen LogP contribution in [0.5, 0.6) is 11.5 Å². The van der Waals surface area contributed by atoms with Crippen LogP contribution in [0.4, 0.5) is 27.6 Å². The highest BCUT2D eigenvalue weighted by atomic mass is 32.2.